The van der Waals surface area contributed by atoms with E-state index in [-0.39, 0.29) is 12.5 Å². The predicted octanol–water partition coefficient (Wildman–Crippen LogP) is 0.784. The maximum Gasteiger partial charge on any atom is 0.319 e. The van der Waals surface area contributed by atoms with Crippen LogP contribution >= 0.6 is 0 Å². The average molecular weight is 226 g/mol. The molecule has 7 nitrogen and oxygen atoms in total. The van der Waals surface area contributed by atoms with Crippen LogP contribution in [0.2, 0.25) is 0 Å². The van der Waals surface area contributed by atoms with Gasteiger partial charge in [-0.15, -0.1) is 0 Å². The maximum atomic E-state index is 11.4. The summed E-state index contributed by atoms with van der Waals surface area (Å²) < 4.78 is 0. The molecule has 0 bridgehead atoms. The Morgan fingerprint density at radius 2 is 2.38 bits per heavy atom. The molecule has 88 valence electrons. The Bertz CT molecular complexity index is 350. The van der Waals surface area contributed by atoms with Crippen LogP contribution in [0.3, 0.4) is 0 Å². The van der Waals surface area contributed by atoms with Crippen molar-refractivity contribution in [2.45, 2.75) is 25.8 Å². The lowest BCUT2D eigenvalue weighted by molar-refractivity contribution is -0.137. The Labute approximate surface area is 92.2 Å². The highest BCUT2D eigenvalue weighted by Crippen LogP contribution is 2.02. The molecule has 0 fully saturated rings. The van der Waals surface area contributed by atoms with Crippen molar-refractivity contribution in [2.24, 2.45) is 0 Å². The van der Waals surface area contributed by atoms with Crippen molar-refractivity contribution in [1.29, 1.82) is 0 Å². The molecule has 1 aromatic rings. The molecule has 1 aromatic heterocycles. The minimum absolute atomic E-state index is 0.0880. The third kappa shape index (κ3) is 3.99. The molecule has 0 radical (unpaired) electrons. The van der Waals surface area contributed by atoms with Crippen LogP contribution in [0.15, 0.2) is 12.4 Å². The molecule has 0 saturated heterocycles. The van der Waals surface area contributed by atoms with Crippen molar-refractivity contribution in [1.82, 2.24) is 15.5 Å². The van der Waals surface area contributed by atoms with Gasteiger partial charge in [-0.1, -0.05) is 6.92 Å². The van der Waals surface area contributed by atoms with Crippen molar-refractivity contribution in [2.75, 3.05) is 5.32 Å². The SMILES string of the molecule is CCC(CC(=O)O)NC(=O)Nc1cn[nH]c1. The summed E-state index contributed by atoms with van der Waals surface area (Å²) in [6, 6.07) is -0.807. The molecule has 0 aliphatic carbocycles. The first-order valence-electron chi connectivity index (χ1n) is 4.90. The number of rotatable bonds is 5. The lowest BCUT2D eigenvalue weighted by atomic mass is 10.1. The summed E-state index contributed by atoms with van der Waals surface area (Å²) in [6.07, 6.45) is 3.45. The van der Waals surface area contributed by atoms with E-state index in [1.807, 2.05) is 6.92 Å². The van der Waals surface area contributed by atoms with Crippen LogP contribution in [0.1, 0.15) is 19.8 Å². The van der Waals surface area contributed by atoms with Crippen LogP contribution in [-0.2, 0) is 4.79 Å². The molecule has 0 saturated carbocycles. The van der Waals surface area contributed by atoms with Gasteiger partial charge in [-0.3, -0.25) is 9.89 Å². The molecule has 1 heterocycles. The van der Waals surface area contributed by atoms with Crippen molar-refractivity contribution >= 4 is 17.7 Å². The molecule has 4 N–H and O–H groups in total. The first-order valence-corrected chi connectivity index (χ1v) is 4.90. The number of carboxylic acids is 1. The lowest BCUT2D eigenvalue weighted by Gasteiger charge is -2.14. The van der Waals surface area contributed by atoms with Gasteiger partial charge >= 0.3 is 12.0 Å². The van der Waals surface area contributed by atoms with Gasteiger partial charge in [0.1, 0.15) is 0 Å². The number of carbonyl (C=O) groups excluding carboxylic acids is 1. The third-order valence-electron chi connectivity index (χ3n) is 2.01. The first-order chi connectivity index (χ1) is 7.61. The second-order valence-corrected chi connectivity index (χ2v) is 3.29. The van der Waals surface area contributed by atoms with Gasteiger partial charge in [-0.05, 0) is 6.42 Å². The van der Waals surface area contributed by atoms with Gasteiger partial charge in [-0.2, -0.15) is 5.10 Å². The van der Waals surface area contributed by atoms with Crippen molar-refractivity contribution in [3.63, 3.8) is 0 Å². The molecule has 0 aromatic carbocycles. The summed E-state index contributed by atoms with van der Waals surface area (Å²) >= 11 is 0. The van der Waals surface area contributed by atoms with Crippen LogP contribution in [0.5, 0.6) is 0 Å². The smallest absolute Gasteiger partial charge is 0.319 e. The standard InChI is InChI=1S/C9H14N4O3/c1-2-6(3-8(14)15)12-9(16)13-7-4-10-11-5-7/h4-6H,2-3H2,1H3,(H,10,11)(H,14,15)(H2,12,13,16). The minimum atomic E-state index is -0.935. The fourth-order valence-corrected chi connectivity index (χ4v) is 1.18. The highest BCUT2D eigenvalue weighted by atomic mass is 16.4. The Balaban J connectivity index is 2.40. The molecule has 1 atom stereocenters. The zero-order chi connectivity index (χ0) is 12.0. The van der Waals surface area contributed by atoms with Gasteiger partial charge in [0.05, 0.1) is 18.3 Å². The topological polar surface area (TPSA) is 107 Å². The van der Waals surface area contributed by atoms with E-state index >= 15 is 0 Å². The van der Waals surface area contributed by atoms with Gasteiger partial charge in [-0.25, -0.2) is 4.79 Å². The van der Waals surface area contributed by atoms with Crippen LogP contribution in [0, 0.1) is 0 Å². The number of hydrogen-bond acceptors (Lipinski definition) is 3. The van der Waals surface area contributed by atoms with Crippen LogP contribution in [0.25, 0.3) is 0 Å². The fraction of sp³-hybridized carbons (Fsp3) is 0.444. The van der Waals surface area contributed by atoms with E-state index in [1.165, 1.54) is 12.4 Å². The molecule has 0 aliphatic rings. The van der Waals surface area contributed by atoms with Crippen LogP contribution < -0.4 is 10.6 Å². The maximum absolute atomic E-state index is 11.4. The van der Waals surface area contributed by atoms with Crippen molar-refractivity contribution in [3.05, 3.63) is 12.4 Å². The summed E-state index contributed by atoms with van der Waals surface area (Å²) in [5.41, 5.74) is 0.530. The predicted molar refractivity (Wildman–Crippen MR) is 57.1 cm³/mol. The Kier molecular flexibility index (Phi) is 4.31. The molecule has 1 rings (SSSR count). The van der Waals surface area contributed by atoms with Crippen LogP contribution in [-0.4, -0.2) is 33.3 Å². The molecular weight excluding hydrogens is 212 g/mol. The van der Waals surface area contributed by atoms with Gasteiger partial charge in [0.25, 0.3) is 0 Å². The van der Waals surface area contributed by atoms with E-state index < -0.39 is 12.0 Å². The number of aromatic nitrogens is 2. The first kappa shape index (κ1) is 12.0. The Morgan fingerprint density at radius 3 is 2.88 bits per heavy atom. The number of carbonyl (C=O) groups is 2. The number of aromatic amines is 1. The number of aliphatic carboxylic acids is 1. The third-order valence-corrected chi connectivity index (χ3v) is 2.01. The van der Waals surface area contributed by atoms with Crippen molar-refractivity contribution in [3.8, 4) is 0 Å². The lowest BCUT2D eigenvalue weighted by Crippen LogP contribution is -2.38. The largest absolute Gasteiger partial charge is 0.481 e. The number of carboxylic acid groups (broad SMARTS) is 1. The molecule has 2 amide bonds. The molecule has 1 unspecified atom stereocenters. The zero-order valence-electron chi connectivity index (χ0n) is 8.86. The number of anilines is 1. The monoisotopic (exact) mass is 226 g/mol. The van der Waals surface area contributed by atoms with E-state index in [2.05, 4.69) is 20.8 Å². The van der Waals surface area contributed by atoms with E-state index in [4.69, 9.17) is 5.11 Å². The number of nitrogens with one attached hydrogen (secondary N) is 3. The number of urea groups is 1. The van der Waals surface area contributed by atoms with E-state index in [0.29, 0.717) is 12.1 Å². The normalized spacial score (nSPS) is 11.8. The number of H-pyrrole nitrogens is 1. The summed E-state index contributed by atoms with van der Waals surface area (Å²) in [5, 5.41) is 19.9. The van der Waals surface area contributed by atoms with Gasteiger partial charge in [0.2, 0.25) is 0 Å². The molecule has 0 spiro atoms. The summed E-state index contributed by atoms with van der Waals surface area (Å²) in [5.74, 6) is -0.935. The molecule has 0 aliphatic heterocycles. The van der Waals surface area contributed by atoms with Gasteiger partial charge < -0.3 is 15.7 Å². The molecular formula is C9H14N4O3. The summed E-state index contributed by atoms with van der Waals surface area (Å²) in [6.45, 7) is 1.81. The minimum Gasteiger partial charge on any atom is -0.481 e. The molecule has 7 heteroatoms. The highest BCUT2D eigenvalue weighted by Gasteiger charge is 2.13. The Hall–Kier alpha value is -2.05. The second kappa shape index (κ2) is 5.74. The zero-order valence-corrected chi connectivity index (χ0v) is 8.86. The quantitative estimate of drug-likeness (QED) is 0.595. The summed E-state index contributed by atoms with van der Waals surface area (Å²) in [4.78, 5) is 21.9. The number of hydrogen-bond donors (Lipinski definition) is 4. The van der Waals surface area contributed by atoms with Gasteiger partial charge in [0, 0.05) is 12.2 Å². The van der Waals surface area contributed by atoms with E-state index in [1.54, 1.807) is 0 Å². The second-order valence-electron chi connectivity index (χ2n) is 3.29. The average Bonchev–Trinajstić information content (AvgIpc) is 2.68. The highest BCUT2D eigenvalue weighted by molar-refractivity contribution is 5.89. The van der Waals surface area contributed by atoms with E-state index in [9.17, 15) is 9.59 Å². The van der Waals surface area contributed by atoms with Gasteiger partial charge in [0.15, 0.2) is 0 Å². The van der Waals surface area contributed by atoms with Crippen LogP contribution in [0.4, 0.5) is 10.5 Å². The molecule has 16 heavy (non-hydrogen) atoms. The Morgan fingerprint density at radius 1 is 1.62 bits per heavy atom. The number of nitrogens with zero attached hydrogens (tertiary/aromatic N) is 1. The fourth-order valence-electron chi connectivity index (χ4n) is 1.18. The number of amides is 2. The van der Waals surface area contributed by atoms with E-state index in [0.717, 1.165) is 0 Å². The van der Waals surface area contributed by atoms with Crippen molar-refractivity contribution < 1.29 is 14.7 Å². The summed E-state index contributed by atoms with van der Waals surface area (Å²) in [7, 11) is 0.